The molecule has 2 aromatic carbocycles. The van der Waals surface area contributed by atoms with Gasteiger partial charge in [-0.1, -0.05) is 42.4 Å². The van der Waals surface area contributed by atoms with E-state index >= 15 is 0 Å². The predicted octanol–water partition coefficient (Wildman–Crippen LogP) is 2.23. The lowest BCUT2D eigenvalue weighted by atomic mass is 10.1. The molecule has 8 heteroatoms. The molecule has 0 saturated carbocycles. The summed E-state index contributed by atoms with van der Waals surface area (Å²) in [7, 11) is 0. The third-order valence-electron chi connectivity index (χ3n) is 4.25. The number of benzene rings is 2. The van der Waals surface area contributed by atoms with Crippen molar-refractivity contribution in [3.63, 3.8) is 0 Å². The largest absolute Gasteiger partial charge is 0.455 e. The Labute approximate surface area is 167 Å². The van der Waals surface area contributed by atoms with E-state index in [0.717, 1.165) is 17.4 Å². The van der Waals surface area contributed by atoms with Gasteiger partial charge in [0, 0.05) is 11.1 Å². The van der Waals surface area contributed by atoms with Crippen molar-refractivity contribution in [3.8, 4) is 0 Å². The Morgan fingerprint density at radius 1 is 1.03 bits per heavy atom. The number of carbonyl (C=O) groups is 3. The molecule has 0 spiro atoms. The number of aromatic nitrogens is 1. The molecule has 0 atom stereocenters. The topological polar surface area (TPSA) is 111 Å². The van der Waals surface area contributed by atoms with Crippen molar-refractivity contribution in [1.82, 2.24) is 10.5 Å². The fraction of sp³-hybridized carbons (Fsp3) is 0.238. The molecule has 0 saturated heterocycles. The number of nitrogens with one attached hydrogen (secondary N) is 2. The van der Waals surface area contributed by atoms with Gasteiger partial charge in [0.25, 0.3) is 5.91 Å². The molecule has 1 aromatic heterocycles. The van der Waals surface area contributed by atoms with Crippen LogP contribution in [-0.4, -0.2) is 36.1 Å². The van der Waals surface area contributed by atoms with E-state index < -0.39 is 18.5 Å². The van der Waals surface area contributed by atoms with Crippen LogP contribution in [0.2, 0.25) is 0 Å². The molecule has 1 heterocycles. The molecule has 0 fully saturated rings. The van der Waals surface area contributed by atoms with Gasteiger partial charge in [-0.3, -0.25) is 14.4 Å². The van der Waals surface area contributed by atoms with Crippen LogP contribution >= 0.6 is 0 Å². The molecule has 2 N–H and O–H groups in total. The lowest BCUT2D eigenvalue weighted by molar-refractivity contribution is -0.148. The first-order valence-corrected chi connectivity index (χ1v) is 9.20. The molecule has 0 aliphatic rings. The minimum atomic E-state index is -0.611. The van der Waals surface area contributed by atoms with E-state index in [4.69, 9.17) is 9.26 Å². The maximum Gasteiger partial charge on any atom is 0.312 e. The first-order valence-electron chi connectivity index (χ1n) is 9.20. The smallest absolute Gasteiger partial charge is 0.312 e. The Morgan fingerprint density at radius 3 is 2.62 bits per heavy atom. The number of ether oxygens (including phenoxy) is 1. The summed E-state index contributed by atoms with van der Waals surface area (Å²) < 4.78 is 10.1. The van der Waals surface area contributed by atoms with Crippen LogP contribution in [0, 0.1) is 0 Å². The van der Waals surface area contributed by atoms with Crippen molar-refractivity contribution in [2.24, 2.45) is 0 Å². The maximum absolute atomic E-state index is 12.0. The second kappa shape index (κ2) is 9.50. The number of aryl methyl sites for hydroxylation is 1. The summed E-state index contributed by atoms with van der Waals surface area (Å²) in [5, 5.41) is 9.74. The fourth-order valence-electron chi connectivity index (χ4n) is 2.77. The Morgan fingerprint density at radius 2 is 1.79 bits per heavy atom. The number of rotatable bonds is 8. The minimum Gasteiger partial charge on any atom is -0.455 e. The summed E-state index contributed by atoms with van der Waals surface area (Å²) >= 11 is 0. The van der Waals surface area contributed by atoms with Crippen LogP contribution < -0.4 is 10.6 Å². The minimum absolute atomic E-state index is 0.113. The number of carbonyl (C=O) groups excluding carboxylic acids is 3. The second-order valence-corrected chi connectivity index (χ2v) is 6.30. The Balaban J connectivity index is 1.41. The molecule has 0 bridgehead atoms. The average Bonchev–Trinajstić information content (AvgIpc) is 3.14. The van der Waals surface area contributed by atoms with E-state index in [1.807, 2.05) is 31.2 Å². The highest BCUT2D eigenvalue weighted by atomic mass is 16.5. The Kier molecular flexibility index (Phi) is 6.57. The van der Waals surface area contributed by atoms with Crippen molar-refractivity contribution in [2.75, 3.05) is 18.5 Å². The summed E-state index contributed by atoms with van der Waals surface area (Å²) in [5.74, 6) is -1.54. The number of para-hydroxylation sites is 2. The van der Waals surface area contributed by atoms with Gasteiger partial charge in [0.15, 0.2) is 12.2 Å². The van der Waals surface area contributed by atoms with Crippen LogP contribution in [0.4, 0.5) is 5.69 Å². The Bertz CT molecular complexity index is 1030. The van der Waals surface area contributed by atoms with Gasteiger partial charge in [-0.15, -0.1) is 0 Å². The molecule has 8 nitrogen and oxygen atoms in total. The van der Waals surface area contributed by atoms with Gasteiger partial charge in [-0.2, -0.15) is 0 Å². The first-order chi connectivity index (χ1) is 14.1. The zero-order chi connectivity index (χ0) is 20.6. The molecular weight excluding hydrogens is 374 g/mol. The quantitative estimate of drug-likeness (QED) is 0.566. The molecule has 0 unspecified atom stereocenters. The van der Waals surface area contributed by atoms with Crippen LogP contribution in [0.1, 0.15) is 18.2 Å². The van der Waals surface area contributed by atoms with Crippen LogP contribution in [0.5, 0.6) is 0 Å². The molecule has 3 rings (SSSR count). The van der Waals surface area contributed by atoms with Crippen molar-refractivity contribution in [3.05, 3.63) is 59.8 Å². The summed E-state index contributed by atoms with van der Waals surface area (Å²) in [4.78, 5) is 35.8. The number of fused-ring (bicyclic) bond motifs is 1. The summed E-state index contributed by atoms with van der Waals surface area (Å²) in [6.45, 7) is 1.29. The van der Waals surface area contributed by atoms with Gasteiger partial charge in [-0.25, -0.2) is 0 Å². The van der Waals surface area contributed by atoms with Crippen molar-refractivity contribution in [1.29, 1.82) is 0 Å². The standard InChI is InChI=1S/C21H21N3O5/c1-2-14-7-3-5-9-16(14)23-19(25)12-22-20(26)13-28-21(27)11-17-15-8-4-6-10-18(15)29-24-17/h3-10H,2,11-13H2,1H3,(H,22,26)(H,23,25). The number of esters is 1. The van der Waals surface area contributed by atoms with E-state index in [9.17, 15) is 14.4 Å². The molecule has 0 radical (unpaired) electrons. The first kappa shape index (κ1) is 20.1. The van der Waals surface area contributed by atoms with Crippen LogP contribution in [0.25, 0.3) is 11.0 Å². The molecule has 3 aromatic rings. The van der Waals surface area contributed by atoms with Gasteiger partial charge in [-0.05, 0) is 30.2 Å². The number of hydrogen-bond acceptors (Lipinski definition) is 6. The molecule has 0 aliphatic carbocycles. The lowest BCUT2D eigenvalue weighted by Gasteiger charge is -2.10. The van der Waals surface area contributed by atoms with Crippen LogP contribution in [0.15, 0.2) is 53.1 Å². The van der Waals surface area contributed by atoms with Gasteiger partial charge < -0.3 is 19.9 Å². The fourth-order valence-corrected chi connectivity index (χ4v) is 2.77. The highest BCUT2D eigenvalue weighted by molar-refractivity contribution is 5.95. The van der Waals surface area contributed by atoms with E-state index in [0.29, 0.717) is 17.0 Å². The second-order valence-electron chi connectivity index (χ2n) is 6.30. The number of anilines is 1. The van der Waals surface area contributed by atoms with E-state index in [2.05, 4.69) is 15.8 Å². The highest BCUT2D eigenvalue weighted by Crippen LogP contribution is 2.18. The summed E-state index contributed by atoms with van der Waals surface area (Å²) in [5.41, 5.74) is 2.73. The summed E-state index contributed by atoms with van der Waals surface area (Å²) in [6, 6.07) is 14.6. The predicted molar refractivity (Wildman–Crippen MR) is 106 cm³/mol. The van der Waals surface area contributed by atoms with E-state index in [-0.39, 0.29) is 18.9 Å². The van der Waals surface area contributed by atoms with E-state index in [1.165, 1.54) is 0 Å². The monoisotopic (exact) mass is 395 g/mol. The lowest BCUT2D eigenvalue weighted by Crippen LogP contribution is -2.35. The molecule has 150 valence electrons. The van der Waals surface area contributed by atoms with Crippen molar-refractivity contribution >= 4 is 34.4 Å². The zero-order valence-corrected chi connectivity index (χ0v) is 15.9. The maximum atomic E-state index is 12.0. The van der Waals surface area contributed by atoms with Crippen molar-refractivity contribution < 1.29 is 23.6 Å². The summed E-state index contributed by atoms with van der Waals surface area (Å²) in [6.07, 6.45) is 0.665. The number of hydrogen-bond donors (Lipinski definition) is 2. The van der Waals surface area contributed by atoms with Gasteiger partial charge in [0.05, 0.1) is 13.0 Å². The third-order valence-corrected chi connectivity index (χ3v) is 4.25. The van der Waals surface area contributed by atoms with Gasteiger partial charge in [0.2, 0.25) is 5.91 Å². The Hall–Kier alpha value is -3.68. The molecule has 29 heavy (non-hydrogen) atoms. The van der Waals surface area contributed by atoms with Crippen LogP contribution in [-0.2, 0) is 32.0 Å². The molecular formula is C21H21N3O5. The van der Waals surface area contributed by atoms with Gasteiger partial charge >= 0.3 is 5.97 Å². The zero-order valence-electron chi connectivity index (χ0n) is 15.9. The normalized spacial score (nSPS) is 10.5. The molecule has 2 amide bonds. The van der Waals surface area contributed by atoms with Crippen LogP contribution in [0.3, 0.4) is 0 Å². The average molecular weight is 395 g/mol. The highest BCUT2D eigenvalue weighted by Gasteiger charge is 2.15. The van der Waals surface area contributed by atoms with E-state index in [1.54, 1.807) is 24.3 Å². The number of amides is 2. The van der Waals surface area contributed by atoms with Crippen molar-refractivity contribution in [2.45, 2.75) is 19.8 Å². The SMILES string of the molecule is CCc1ccccc1NC(=O)CNC(=O)COC(=O)Cc1noc2ccccc12. The van der Waals surface area contributed by atoms with Gasteiger partial charge in [0.1, 0.15) is 5.69 Å². The number of nitrogens with zero attached hydrogens (tertiary/aromatic N) is 1. The molecule has 0 aliphatic heterocycles. The third kappa shape index (κ3) is 5.41.